The van der Waals surface area contributed by atoms with Crippen LogP contribution in [-0.4, -0.2) is 25.4 Å². The number of rotatable bonds is 5. The first-order valence-corrected chi connectivity index (χ1v) is 4.94. The molecule has 0 aromatic heterocycles. The molecule has 86 valence electrons. The number of amides is 2. The zero-order valence-corrected chi connectivity index (χ0v) is 9.12. The number of carbonyl (C=O) groups is 2. The maximum absolute atomic E-state index is 11.1. The second-order valence-electron chi connectivity index (χ2n) is 3.30. The van der Waals surface area contributed by atoms with E-state index < -0.39 is 5.91 Å². The minimum absolute atomic E-state index is 0.100. The molecule has 4 N–H and O–H groups in total. The van der Waals surface area contributed by atoms with E-state index in [0.717, 1.165) is 5.56 Å². The van der Waals surface area contributed by atoms with Gasteiger partial charge in [0.15, 0.2) is 0 Å². The fourth-order valence-corrected chi connectivity index (χ4v) is 1.31. The highest BCUT2D eigenvalue weighted by molar-refractivity contribution is 5.94. The van der Waals surface area contributed by atoms with Crippen molar-refractivity contribution < 1.29 is 9.59 Å². The molecule has 0 aliphatic carbocycles. The quantitative estimate of drug-likeness (QED) is 0.633. The fourth-order valence-electron chi connectivity index (χ4n) is 1.31. The number of nitrogens with one attached hydrogen (secondary N) is 2. The summed E-state index contributed by atoms with van der Waals surface area (Å²) in [5, 5.41) is 5.42. The van der Waals surface area contributed by atoms with E-state index in [2.05, 4.69) is 10.6 Å². The van der Waals surface area contributed by atoms with Crippen molar-refractivity contribution in [3.63, 3.8) is 0 Å². The molecule has 0 atom stereocenters. The van der Waals surface area contributed by atoms with Crippen molar-refractivity contribution in [3.8, 4) is 0 Å². The highest BCUT2D eigenvalue weighted by Crippen LogP contribution is 2.07. The van der Waals surface area contributed by atoms with Crippen molar-refractivity contribution in [1.29, 1.82) is 0 Å². The second-order valence-corrected chi connectivity index (χ2v) is 3.30. The largest absolute Gasteiger partial charge is 0.366 e. The molecule has 1 aromatic carbocycles. The van der Waals surface area contributed by atoms with Gasteiger partial charge < -0.3 is 16.4 Å². The van der Waals surface area contributed by atoms with Crippen LogP contribution in [0.15, 0.2) is 24.3 Å². The molecule has 0 aliphatic heterocycles. The van der Waals surface area contributed by atoms with E-state index in [1.54, 1.807) is 25.2 Å². The van der Waals surface area contributed by atoms with Gasteiger partial charge in [-0.2, -0.15) is 0 Å². The Labute approximate surface area is 94.0 Å². The summed E-state index contributed by atoms with van der Waals surface area (Å²) in [7, 11) is 1.57. The van der Waals surface area contributed by atoms with E-state index in [1.807, 2.05) is 6.07 Å². The molecule has 0 saturated heterocycles. The van der Waals surface area contributed by atoms with E-state index in [0.29, 0.717) is 12.1 Å². The van der Waals surface area contributed by atoms with Gasteiger partial charge in [0, 0.05) is 19.2 Å². The van der Waals surface area contributed by atoms with Gasteiger partial charge in [-0.25, -0.2) is 0 Å². The molecular weight excluding hydrogens is 206 g/mol. The van der Waals surface area contributed by atoms with Crippen LogP contribution >= 0.6 is 0 Å². The molecule has 1 aromatic rings. The van der Waals surface area contributed by atoms with Crippen molar-refractivity contribution in [2.75, 3.05) is 13.6 Å². The summed E-state index contributed by atoms with van der Waals surface area (Å²) < 4.78 is 0. The first kappa shape index (κ1) is 12.2. The van der Waals surface area contributed by atoms with Gasteiger partial charge in [0.1, 0.15) is 0 Å². The summed E-state index contributed by atoms with van der Waals surface area (Å²) in [6.07, 6.45) is 0. The van der Waals surface area contributed by atoms with E-state index >= 15 is 0 Å². The van der Waals surface area contributed by atoms with Gasteiger partial charge in [-0.1, -0.05) is 18.2 Å². The standard InChI is InChI=1S/C11H15N3O2/c1-13-10(15)7-14-6-8-4-2-3-5-9(8)11(12)16/h2-5,14H,6-7H2,1H3,(H2,12,16)(H,13,15). The number of nitrogens with two attached hydrogens (primary N) is 1. The van der Waals surface area contributed by atoms with Crippen LogP contribution < -0.4 is 16.4 Å². The van der Waals surface area contributed by atoms with Gasteiger partial charge in [-0.3, -0.25) is 9.59 Å². The Bertz CT molecular complexity index is 391. The van der Waals surface area contributed by atoms with E-state index in [-0.39, 0.29) is 12.5 Å². The maximum atomic E-state index is 11.1. The summed E-state index contributed by atoms with van der Waals surface area (Å²) in [6, 6.07) is 7.04. The third-order valence-corrected chi connectivity index (χ3v) is 2.16. The minimum Gasteiger partial charge on any atom is -0.366 e. The van der Waals surface area contributed by atoms with Gasteiger partial charge in [-0.15, -0.1) is 0 Å². The lowest BCUT2D eigenvalue weighted by molar-refractivity contribution is -0.119. The predicted octanol–water partition coefficient (Wildman–Crippen LogP) is -0.379. The van der Waals surface area contributed by atoms with Crippen molar-refractivity contribution >= 4 is 11.8 Å². The van der Waals surface area contributed by atoms with Crippen LogP contribution in [0.3, 0.4) is 0 Å². The Balaban J connectivity index is 2.60. The monoisotopic (exact) mass is 221 g/mol. The molecular formula is C11H15N3O2. The number of likely N-dealkylation sites (N-methyl/N-ethyl adjacent to an activating group) is 1. The Kier molecular flexibility index (Phi) is 4.47. The van der Waals surface area contributed by atoms with Gasteiger partial charge in [0.05, 0.1) is 6.54 Å². The zero-order chi connectivity index (χ0) is 12.0. The van der Waals surface area contributed by atoms with Gasteiger partial charge in [-0.05, 0) is 11.6 Å². The normalized spacial score (nSPS) is 9.81. The number of carbonyl (C=O) groups excluding carboxylic acids is 2. The smallest absolute Gasteiger partial charge is 0.249 e. The SMILES string of the molecule is CNC(=O)CNCc1ccccc1C(N)=O. The third-order valence-electron chi connectivity index (χ3n) is 2.16. The lowest BCUT2D eigenvalue weighted by Gasteiger charge is -2.07. The van der Waals surface area contributed by atoms with Crippen LogP contribution in [0.2, 0.25) is 0 Å². The number of benzene rings is 1. The summed E-state index contributed by atoms with van der Waals surface area (Å²) >= 11 is 0. The highest BCUT2D eigenvalue weighted by atomic mass is 16.2. The van der Waals surface area contributed by atoms with Gasteiger partial charge >= 0.3 is 0 Å². The van der Waals surface area contributed by atoms with Crippen molar-refractivity contribution in [3.05, 3.63) is 35.4 Å². The molecule has 0 bridgehead atoms. The topological polar surface area (TPSA) is 84.2 Å². The molecule has 0 spiro atoms. The molecule has 5 heteroatoms. The fraction of sp³-hybridized carbons (Fsp3) is 0.273. The van der Waals surface area contributed by atoms with Crippen LogP contribution in [0.1, 0.15) is 15.9 Å². The average molecular weight is 221 g/mol. The lowest BCUT2D eigenvalue weighted by atomic mass is 10.1. The third kappa shape index (κ3) is 3.36. The van der Waals surface area contributed by atoms with Crippen LogP contribution in [0, 0.1) is 0 Å². The van der Waals surface area contributed by atoms with Crippen LogP contribution in [0.4, 0.5) is 0 Å². The van der Waals surface area contributed by atoms with Gasteiger partial charge in [0.2, 0.25) is 11.8 Å². The molecule has 0 saturated carbocycles. The Morgan fingerprint density at radius 1 is 1.31 bits per heavy atom. The van der Waals surface area contributed by atoms with Crippen LogP contribution in [0.25, 0.3) is 0 Å². The lowest BCUT2D eigenvalue weighted by Crippen LogP contribution is -2.31. The molecule has 0 heterocycles. The van der Waals surface area contributed by atoms with Crippen LogP contribution in [-0.2, 0) is 11.3 Å². The first-order chi connectivity index (χ1) is 7.65. The van der Waals surface area contributed by atoms with Crippen molar-refractivity contribution in [2.24, 2.45) is 5.73 Å². The maximum Gasteiger partial charge on any atom is 0.249 e. The molecule has 0 fully saturated rings. The zero-order valence-electron chi connectivity index (χ0n) is 9.12. The molecule has 0 aliphatic rings. The predicted molar refractivity (Wildman–Crippen MR) is 60.7 cm³/mol. The highest BCUT2D eigenvalue weighted by Gasteiger charge is 2.06. The molecule has 5 nitrogen and oxygen atoms in total. The molecule has 0 unspecified atom stereocenters. The summed E-state index contributed by atoms with van der Waals surface area (Å²) in [5.74, 6) is -0.561. The Morgan fingerprint density at radius 2 is 2.00 bits per heavy atom. The average Bonchev–Trinajstić information content (AvgIpc) is 2.29. The second kappa shape index (κ2) is 5.87. The minimum atomic E-state index is -0.461. The van der Waals surface area contributed by atoms with Crippen LogP contribution in [0.5, 0.6) is 0 Å². The van der Waals surface area contributed by atoms with Crippen molar-refractivity contribution in [1.82, 2.24) is 10.6 Å². The Morgan fingerprint density at radius 3 is 2.62 bits per heavy atom. The molecule has 1 rings (SSSR count). The summed E-state index contributed by atoms with van der Waals surface area (Å²) in [4.78, 5) is 22.0. The Hall–Kier alpha value is -1.88. The van der Waals surface area contributed by atoms with E-state index in [1.165, 1.54) is 0 Å². The van der Waals surface area contributed by atoms with Gasteiger partial charge in [0.25, 0.3) is 0 Å². The number of primary amides is 1. The summed E-state index contributed by atoms with van der Waals surface area (Å²) in [6.45, 7) is 0.649. The first-order valence-electron chi connectivity index (χ1n) is 4.94. The molecule has 16 heavy (non-hydrogen) atoms. The van der Waals surface area contributed by atoms with Crippen molar-refractivity contribution in [2.45, 2.75) is 6.54 Å². The molecule has 0 radical (unpaired) electrons. The van der Waals surface area contributed by atoms with E-state index in [9.17, 15) is 9.59 Å². The van der Waals surface area contributed by atoms with E-state index in [4.69, 9.17) is 5.73 Å². The number of hydrogen-bond donors (Lipinski definition) is 3. The summed E-state index contributed by atoms with van der Waals surface area (Å²) in [5.41, 5.74) is 6.50. The molecule has 2 amide bonds. The number of hydrogen-bond acceptors (Lipinski definition) is 3.